The molecule has 1 N–H and O–H groups in total. The zero-order valence-corrected chi connectivity index (χ0v) is 23.7. The number of fused-ring (bicyclic) bond motifs is 3. The van der Waals surface area contributed by atoms with Crippen LogP contribution < -0.4 is 5.32 Å². The molecule has 1 aromatic heterocycles. The third kappa shape index (κ3) is 5.15. The summed E-state index contributed by atoms with van der Waals surface area (Å²) in [6, 6.07) is 9.30. The lowest BCUT2D eigenvalue weighted by atomic mass is 9.89. The number of hydrogen-bond acceptors (Lipinski definition) is 6. The fourth-order valence-corrected chi connectivity index (χ4v) is 5.61. The van der Waals surface area contributed by atoms with Crippen LogP contribution in [0.4, 0.5) is 14.7 Å². The molecule has 1 unspecified atom stereocenters. The molecule has 1 atom stereocenters. The van der Waals surface area contributed by atoms with Crippen LogP contribution in [-0.2, 0) is 11.3 Å². The second-order valence-electron chi connectivity index (χ2n) is 10.9. The van der Waals surface area contributed by atoms with Gasteiger partial charge >= 0.3 is 0 Å². The number of nitrogens with one attached hydrogen (secondary N) is 1. The molecule has 0 radical (unpaired) electrons. The van der Waals surface area contributed by atoms with E-state index < -0.39 is 11.6 Å². The van der Waals surface area contributed by atoms with Gasteiger partial charge in [0.1, 0.15) is 11.6 Å². The summed E-state index contributed by atoms with van der Waals surface area (Å²) in [5.41, 5.74) is 4.12. The lowest BCUT2D eigenvalue weighted by molar-refractivity contribution is -0.134. The van der Waals surface area contributed by atoms with Crippen molar-refractivity contribution in [1.29, 1.82) is 0 Å². The number of amides is 1. The maximum Gasteiger partial charge on any atom is 0.250 e. The first-order valence-corrected chi connectivity index (χ1v) is 13.9. The summed E-state index contributed by atoms with van der Waals surface area (Å²) in [5.74, 6) is -0.911. The van der Waals surface area contributed by atoms with Crippen LogP contribution in [0.3, 0.4) is 0 Å². The summed E-state index contributed by atoms with van der Waals surface area (Å²) in [4.78, 5) is 30.9. The summed E-state index contributed by atoms with van der Waals surface area (Å²) in [6.07, 6.45) is 6.10. The number of halogens is 3. The van der Waals surface area contributed by atoms with E-state index in [4.69, 9.17) is 16.6 Å². The third-order valence-corrected chi connectivity index (χ3v) is 8.12. The Morgan fingerprint density at radius 1 is 1.10 bits per heavy atom. The van der Waals surface area contributed by atoms with Gasteiger partial charge in [0.2, 0.25) is 11.9 Å². The van der Waals surface area contributed by atoms with Crippen LogP contribution in [0.2, 0.25) is 5.02 Å². The molecular weight excluding hydrogens is 546 g/mol. The first-order valence-electron chi connectivity index (χ1n) is 13.5. The standard InChI is InChI=1S/C31H29ClF2N6O/c1-17-11-20(8-10-22(17)30(41)40-15-21(16-40)39(2)3)37-31-36-14-18-13-35-29(27-25(33)5-4-6-26(27)34)24-12-19(32)7-9-23(24)28(18)38-31/h4-10,12,14,17,21H,11,13,15-16H2,1-3H3,(H,36,37,38). The number of rotatable bonds is 5. The van der Waals surface area contributed by atoms with Crippen molar-refractivity contribution in [3.8, 4) is 11.3 Å². The summed E-state index contributed by atoms with van der Waals surface area (Å²) >= 11 is 6.32. The second kappa shape index (κ2) is 10.8. The van der Waals surface area contributed by atoms with Crippen molar-refractivity contribution < 1.29 is 13.6 Å². The highest BCUT2D eigenvalue weighted by molar-refractivity contribution is 6.31. The van der Waals surface area contributed by atoms with Crippen LogP contribution >= 0.6 is 11.6 Å². The number of aromatic nitrogens is 2. The highest BCUT2D eigenvalue weighted by Crippen LogP contribution is 2.35. The molecule has 3 heterocycles. The molecule has 3 aliphatic rings. The number of hydrogen-bond donors (Lipinski definition) is 1. The molecule has 6 rings (SSSR count). The number of likely N-dealkylation sites (N-methyl/N-ethyl adjacent to an activating group) is 1. The van der Waals surface area contributed by atoms with E-state index in [1.807, 2.05) is 38.1 Å². The Bertz CT molecular complexity index is 1620. The molecule has 7 nitrogen and oxygen atoms in total. The first-order chi connectivity index (χ1) is 19.7. The zero-order valence-electron chi connectivity index (χ0n) is 23.0. The fourth-order valence-electron chi connectivity index (χ4n) is 5.43. The summed E-state index contributed by atoms with van der Waals surface area (Å²) in [6.45, 7) is 3.68. The van der Waals surface area contributed by atoms with E-state index in [1.165, 1.54) is 18.2 Å². The van der Waals surface area contributed by atoms with Crippen LogP contribution in [0, 0.1) is 17.6 Å². The number of nitrogens with zero attached hydrogens (tertiary/aromatic N) is 5. The molecule has 210 valence electrons. The number of anilines is 1. The molecule has 0 bridgehead atoms. The van der Waals surface area contributed by atoms with Gasteiger partial charge in [-0.2, -0.15) is 0 Å². The van der Waals surface area contributed by atoms with E-state index in [0.29, 0.717) is 40.3 Å². The van der Waals surface area contributed by atoms with Gasteiger partial charge in [-0.05, 0) is 56.8 Å². The molecule has 1 fully saturated rings. The minimum atomic E-state index is -0.704. The lowest BCUT2D eigenvalue weighted by Crippen LogP contribution is -2.59. The van der Waals surface area contributed by atoms with Crippen molar-refractivity contribution in [2.24, 2.45) is 10.9 Å². The molecule has 2 aromatic carbocycles. The van der Waals surface area contributed by atoms with Gasteiger partial charge in [0.15, 0.2) is 0 Å². The van der Waals surface area contributed by atoms with Gasteiger partial charge < -0.3 is 15.1 Å². The molecular formula is C31H29ClF2N6O. The average molecular weight is 575 g/mol. The highest BCUT2D eigenvalue weighted by atomic mass is 35.5. The second-order valence-corrected chi connectivity index (χ2v) is 11.3. The van der Waals surface area contributed by atoms with Gasteiger partial charge in [0.05, 0.1) is 23.5 Å². The minimum absolute atomic E-state index is 0.0312. The molecule has 2 aliphatic heterocycles. The van der Waals surface area contributed by atoms with Gasteiger partial charge in [0, 0.05) is 58.3 Å². The smallest absolute Gasteiger partial charge is 0.250 e. The zero-order chi connectivity index (χ0) is 28.8. The Hall–Kier alpha value is -3.95. The minimum Gasteiger partial charge on any atom is -0.336 e. The summed E-state index contributed by atoms with van der Waals surface area (Å²) < 4.78 is 29.6. The maximum atomic E-state index is 14.8. The fraction of sp³-hybridized carbons (Fsp3) is 0.290. The van der Waals surface area contributed by atoms with E-state index in [2.05, 4.69) is 20.2 Å². The molecule has 10 heteroatoms. The number of benzene rings is 2. The maximum absolute atomic E-state index is 14.8. The van der Waals surface area contributed by atoms with Crippen LogP contribution in [-0.4, -0.2) is 64.6 Å². The van der Waals surface area contributed by atoms with Crippen molar-refractivity contribution in [3.05, 3.63) is 99.4 Å². The molecule has 1 saturated heterocycles. The number of allylic oxidation sites excluding steroid dienone is 3. The predicted octanol–water partition coefficient (Wildman–Crippen LogP) is 5.46. The van der Waals surface area contributed by atoms with E-state index in [1.54, 1.807) is 24.4 Å². The van der Waals surface area contributed by atoms with Crippen LogP contribution in [0.5, 0.6) is 0 Å². The Morgan fingerprint density at radius 3 is 2.56 bits per heavy atom. The topological polar surface area (TPSA) is 73.7 Å². The van der Waals surface area contributed by atoms with Gasteiger partial charge in [-0.25, -0.2) is 18.7 Å². The Kier molecular flexibility index (Phi) is 7.17. The van der Waals surface area contributed by atoms with Gasteiger partial charge in [-0.15, -0.1) is 0 Å². The van der Waals surface area contributed by atoms with Gasteiger partial charge in [-0.3, -0.25) is 9.79 Å². The Morgan fingerprint density at radius 2 is 1.85 bits per heavy atom. The molecule has 3 aromatic rings. The lowest BCUT2D eigenvalue weighted by Gasteiger charge is -2.43. The quantitative estimate of drug-likeness (QED) is 0.438. The highest BCUT2D eigenvalue weighted by Gasteiger charge is 2.35. The molecule has 1 amide bonds. The SMILES string of the molecule is CC1CC(Nc2ncc3c(n2)-c2ccc(Cl)cc2C(c2c(F)cccc2F)=NC3)=CC=C1C(=O)N1CC(N(C)C)C1. The molecule has 0 spiro atoms. The molecule has 1 aliphatic carbocycles. The van der Waals surface area contributed by atoms with E-state index in [-0.39, 0.29) is 29.6 Å². The third-order valence-electron chi connectivity index (χ3n) is 7.88. The summed E-state index contributed by atoms with van der Waals surface area (Å²) in [7, 11) is 4.06. The summed E-state index contributed by atoms with van der Waals surface area (Å²) in [5, 5.41) is 3.72. The predicted molar refractivity (Wildman–Crippen MR) is 156 cm³/mol. The van der Waals surface area contributed by atoms with Crippen LogP contribution in [0.1, 0.15) is 30.0 Å². The van der Waals surface area contributed by atoms with Crippen molar-refractivity contribution in [2.75, 3.05) is 32.5 Å². The van der Waals surface area contributed by atoms with Gasteiger partial charge in [0.25, 0.3) is 0 Å². The van der Waals surface area contributed by atoms with Crippen LogP contribution in [0.25, 0.3) is 11.3 Å². The van der Waals surface area contributed by atoms with Crippen molar-refractivity contribution in [2.45, 2.75) is 25.9 Å². The van der Waals surface area contributed by atoms with Crippen molar-refractivity contribution in [3.63, 3.8) is 0 Å². The van der Waals surface area contributed by atoms with Crippen LogP contribution in [0.15, 0.2) is 71.0 Å². The first kappa shape index (κ1) is 27.2. The Labute approximate surface area is 242 Å². The largest absolute Gasteiger partial charge is 0.336 e. The van der Waals surface area contributed by atoms with Crippen molar-refractivity contribution >= 4 is 29.2 Å². The molecule has 41 heavy (non-hydrogen) atoms. The monoisotopic (exact) mass is 574 g/mol. The van der Waals surface area contributed by atoms with E-state index >= 15 is 0 Å². The number of carbonyl (C=O) groups excluding carboxylic acids is 1. The molecule has 0 saturated carbocycles. The number of carbonyl (C=O) groups is 1. The van der Waals surface area contributed by atoms with Gasteiger partial charge in [-0.1, -0.05) is 36.7 Å². The number of aliphatic imine (C=N–C) groups is 1. The van der Waals surface area contributed by atoms with E-state index in [9.17, 15) is 13.6 Å². The number of likely N-dealkylation sites (tertiary alicyclic amines) is 1. The van der Waals surface area contributed by atoms with Crippen molar-refractivity contribution in [1.82, 2.24) is 19.8 Å². The Balaban J connectivity index is 1.28. The van der Waals surface area contributed by atoms with E-state index in [0.717, 1.165) is 29.9 Å². The average Bonchev–Trinajstić information content (AvgIpc) is 3.04. The normalized spacial score (nSPS) is 18.5.